The van der Waals surface area contributed by atoms with Crippen LogP contribution in [0.5, 0.6) is 5.75 Å². The van der Waals surface area contributed by atoms with Gasteiger partial charge in [0.2, 0.25) is 5.95 Å². The van der Waals surface area contributed by atoms with Crippen molar-refractivity contribution in [3.8, 4) is 5.75 Å². The third kappa shape index (κ3) is 5.27. The Morgan fingerprint density at radius 1 is 1.21 bits per heavy atom. The zero-order chi connectivity index (χ0) is 21.2. The molecule has 0 fully saturated rings. The molecule has 0 saturated heterocycles. The highest BCUT2D eigenvalue weighted by Gasteiger charge is 2.16. The first-order chi connectivity index (χ1) is 13.6. The minimum atomic E-state index is -0.776. The van der Waals surface area contributed by atoms with Gasteiger partial charge in [-0.3, -0.25) is 0 Å². The number of aromatic hydroxyl groups is 1. The molecule has 0 amide bonds. The molecular weight excluding hydrogens is 392 g/mol. The van der Waals surface area contributed by atoms with Crippen molar-refractivity contribution < 1.29 is 10.2 Å². The second-order valence-electron chi connectivity index (χ2n) is 7.93. The van der Waals surface area contributed by atoms with Gasteiger partial charge in [-0.2, -0.15) is 9.97 Å². The molecule has 0 bridgehead atoms. The van der Waals surface area contributed by atoms with E-state index < -0.39 is 5.60 Å². The average molecular weight is 419 g/mol. The summed E-state index contributed by atoms with van der Waals surface area (Å²) in [5, 5.41) is 26.9. The highest BCUT2D eigenvalue weighted by molar-refractivity contribution is 6.30. The van der Waals surface area contributed by atoms with Gasteiger partial charge in [-0.05, 0) is 52.3 Å². The number of phenols is 1. The van der Waals surface area contributed by atoms with Crippen molar-refractivity contribution in [1.29, 1.82) is 0 Å². The molecule has 3 rings (SSSR count). The molecule has 29 heavy (non-hydrogen) atoms. The Labute approximate surface area is 175 Å². The molecule has 0 aliphatic rings. The maximum Gasteiger partial charge on any atom is 0.226 e. The molecule has 0 saturated carbocycles. The molecular formula is C20H27ClN6O2. The number of fused-ring (bicyclic) bond motifs is 1. The number of rotatable bonds is 8. The fraction of sp³-hybridized carbons (Fsp3) is 0.450. The Morgan fingerprint density at radius 3 is 2.66 bits per heavy atom. The van der Waals surface area contributed by atoms with E-state index in [-0.39, 0.29) is 11.8 Å². The van der Waals surface area contributed by atoms with Crippen molar-refractivity contribution in [1.82, 2.24) is 19.5 Å². The second-order valence-corrected chi connectivity index (χ2v) is 8.37. The number of nitrogens with zero attached hydrogens (tertiary/aromatic N) is 4. The lowest BCUT2D eigenvalue weighted by Gasteiger charge is -2.17. The Bertz CT molecular complexity index is 997. The van der Waals surface area contributed by atoms with Crippen LogP contribution in [0.1, 0.15) is 45.7 Å². The van der Waals surface area contributed by atoms with Crippen molar-refractivity contribution in [3.63, 3.8) is 0 Å². The maximum absolute atomic E-state index is 10.1. The van der Waals surface area contributed by atoms with Crippen LogP contribution >= 0.6 is 11.6 Å². The molecule has 1 aromatic carbocycles. The summed E-state index contributed by atoms with van der Waals surface area (Å²) >= 11 is 6.04. The van der Waals surface area contributed by atoms with Crippen LogP contribution in [-0.4, -0.2) is 41.9 Å². The third-order valence-corrected chi connectivity index (χ3v) is 4.72. The lowest BCUT2D eigenvalue weighted by atomic mass is 10.1. The van der Waals surface area contributed by atoms with E-state index in [0.29, 0.717) is 53.0 Å². The standard InChI is InChI=1S/C20H27ClN6O2/c1-12(2)27-11-24-16-17(23-10-13-9-14(21)5-6-15(13)28)25-19(26-18(16)27)22-8-7-20(3,4)29/h5-6,9,11-12,28-29H,7-8,10H2,1-4H3,(H2,22,23,25,26). The van der Waals surface area contributed by atoms with Crippen LogP contribution in [0.15, 0.2) is 24.5 Å². The van der Waals surface area contributed by atoms with E-state index in [4.69, 9.17) is 11.6 Å². The molecule has 4 N–H and O–H groups in total. The number of phenolic OH excluding ortho intramolecular Hbond substituents is 1. The molecule has 0 unspecified atom stereocenters. The fourth-order valence-corrected chi connectivity index (χ4v) is 3.05. The first-order valence-corrected chi connectivity index (χ1v) is 9.94. The maximum atomic E-state index is 10.1. The molecule has 2 aromatic heterocycles. The molecule has 0 aliphatic carbocycles. The summed E-state index contributed by atoms with van der Waals surface area (Å²) in [5.41, 5.74) is 1.23. The van der Waals surface area contributed by atoms with Crippen molar-refractivity contribution in [2.24, 2.45) is 0 Å². The molecule has 2 heterocycles. The monoisotopic (exact) mass is 418 g/mol. The summed E-state index contributed by atoms with van der Waals surface area (Å²) in [6, 6.07) is 5.09. The third-order valence-electron chi connectivity index (χ3n) is 4.49. The summed E-state index contributed by atoms with van der Waals surface area (Å²) in [4.78, 5) is 13.6. The Morgan fingerprint density at radius 2 is 1.97 bits per heavy atom. The molecule has 156 valence electrons. The lowest BCUT2D eigenvalue weighted by molar-refractivity contribution is 0.0748. The number of halogens is 1. The van der Waals surface area contributed by atoms with Gasteiger partial charge >= 0.3 is 0 Å². The highest BCUT2D eigenvalue weighted by Crippen LogP contribution is 2.26. The van der Waals surface area contributed by atoms with E-state index >= 15 is 0 Å². The summed E-state index contributed by atoms with van der Waals surface area (Å²) < 4.78 is 1.97. The number of benzene rings is 1. The van der Waals surface area contributed by atoms with Gasteiger partial charge in [0.15, 0.2) is 17.0 Å². The van der Waals surface area contributed by atoms with Crippen LogP contribution in [0, 0.1) is 0 Å². The van der Waals surface area contributed by atoms with Crippen LogP contribution in [-0.2, 0) is 6.54 Å². The Hall–Kier alpha value is -2.58. The van der Waals surface area contributed by atoms with Crippen LogP contribution in [0.3, 0.4) is 0 Å². The van der Waals surface area contributed by atoms with Gasteiger partial charge in [-0.1, -0.05) is 11.6 Å². The predicted molar refractivity (Wildman–Crippen MR) is 116 cm³/mol. The second kappa shape index (κ2) is 8.42. The molecule has 8 nitrogen and oxygen atoms in total. The van der Waals surface area contributed by atoms with Gasteiger partial charge in [0, 0.05) is 29.7 Å². The first-order valence-electron chi connectivity index (χ1n) is 9.56. The SMILES string of the molecule is CC(C)n1cnc2c(NCc3cc(Cl)ccc3O)nc(NCCC(C)(C)O)nc21. The number of aliphatic hydroxyl groups is 1. The van der Waals surface area contributed by atoms with Gasteiger partial charge in [0.25, 0.3) is 0 Å². The molecule has 0 atom stereocenters. The van der Waals surface area contributed by atoms with Gasteiger partial charge in [0.05, 0.1) is 11.9 Å². The van der Waals surface area contributed by atoms with E-state index in [1.165, 1.54) is 0 Å². The van der Waals surface area contributed by atoms with E-state index in [1.54, 1.807) is 38.4 Å². The molecule has 0 spiro atoms. The Kier molecular flexibility index (Phi) is 6.14. The van der Waals surface area contributed by atoms with Crippen LogP contribution in [0.4, 0.5) is 11.8 Å². The summed E-state index contributed by atoms with van der Waals surface area (Å²) in [5.74, 6) is 1.16. The quantitative estimate of drug-likeness (QED) is 0.438. The number of nitrogens with one attached hydrogen (secondary N) is 2. The topological polar surface area (TPSA) is 108 Å². The Balaban J connectivity index is 1.90. The fourth-order valence-electron chi connectivity index (χ4n) is 2.85. The highest BCUT2D eigenvalue weighted by atomic mass is 35.5. The normalized spacial score (nSPS) is 12.0. The number of anilines is 2. The number of hydrogen-bond acceptors (Lipinski definition) is 7. The summed E-state index contributed by atoms with van der Waals surface area (Å²) in [6.45, 7) is 8.49. The zero-order valence-corrected chi connectivity index (χ0v) is 17.8. The van der Waals surface area contributed by atoms with Crippen molar-refractivity contribution in [2.45, 2.75) is 52.3 Å². The van der Waals surface area contributed by atoms with E-state index in [0.717, 1.165) is 0 Å². The van der Waals surface area contributed by atoms with E-state index in [9.17, 15) is 10.2 Å². The van der Waals surface area contributed by atoms with Crippen molar-refractivity contribution >= 4 is 34.5 Å². The first kappa shape index (κ1) is 21.1. The lowest BCUT2D eigenvalue weighted by Crippen LogP contribution is -2.23. The van der Waals surface area contributed by atoms with Gasteiger partial charge in [0.1, 0.15) is 5.75 Å². The molecule has 9 heteroatoms. The van der Waals surface area contributed by atoms with Crippen LogP contribution in [0.2, 0.25) is 5.02 Å². The van der Waals surface area contributed by atoms with E-state index in [1.807, 2.05) is 4.57 Å². The minimum absolute atomic E-state index is 0.156. The van der Waals surface area contributed by atoms with Gasteiger partial charge in [-0.15, -0.1) is 0 Å². The zero-order valence-electron chi connectivity index (χ0n) is 17.1. The van der Waals surface area contributed by atoms with Crippen molar-refractivity contribution in [3.05, 3.63) is 35.1 Å². The predicted octanol–water partition coefficient (Wildman–Crippen LogP) is 3.95. The molecule has 0 aliphatic heterocycles. The molecule has 0 radical (unpaired) electrons. The van der Waals surface area contributed by atoms with Crippen molar-refractivity contribution in [2.75, 3.05) is 17.2 Å². The summed E-state index contributed by atoms with van der Waals surface area (Å²) in [6.07, 6.45) is 2.30. The molecule has 3 aromatic rings. The van der Waals surface area contributed by atoms with Gasteiger partial charge < -0.3 is 25.4 Å². The average Bonchev–Trinajstić information content (AvgIpc) is 3.05. The van der Waals surface area contributed by atoms with Crippen LogP contribution in [0.25, 0.3) is 11.2 Å². The summed E-state index contributed by atoms with van der Waals surface area (Å²) in [7, 11) is 0. The van der Waals surface area contributed by atoms with E-state index in [2.05, 4.69) is 39.4 Å². The van der Waals surface area contributed by atoms with Gasteiger partial charge in [-0.25, -0.2) is 4.98 Å². The smallest absolute Gasteiger partial charge is 0.226 e. The van der Waals surface area contributed by atoms with Crippen LogP contribution < -0.4 is 10.6 Å². The number of aromatic nitrogens is 4. The largest absolute Gasteiger partial charge is 0.508 e. The minimum Gasteiger partial charge on any atom is -0.508 e. The number of imidazole rings is 1. The number of hydrogen-bond donors (Lipinski definition) is 4.